The Morgan fingerprint density at radius 3 is 2.44 bits per heavy atom. The van der Waals surface area contributed by atoms with Crippen LogP contribution in [0.4, 0.5) is 14.0 Å². The Bertz CT molecular complexity index is 1130. The lowest BCUT2D eigenvalue weighted by Crippen LogP contribution is -2.70. The van der Waals surface area contributed by atoms with E-state index in [4.69, 9.17) is 18.9 Å². The van der Waals surface area contributed by atoms with Crippen molar-refractivity contribution < 1.29 is 47.6 Å². The summed E-state index contributed by atoms with van der Waals surface area (Å²) >= 11 is 0. The Labute approximate surface area is 240 Å². The van der Waals surface area contributed by atoms with Crippen molar-refractivity contribution in [3.05, 3.63) is 23.8 Å². The highest BCUT2D eigenvalue weighted by Crippen LogP contribution is 2.71. The first kappa shape index (κ1) is 31.2. The Balaban J connectivity index is 1.71. The van der Waals surface area contributed by atoms with Gasteiger partial charge in [-0.2, -0.15) is 0 Å². The topological polar surface area (TPSA) is 125 Å². The second-order valence-corrected chi connectivity index (χ2v) is 12.5. The van der Waals surface area contributed by atoms with E-state index in [0.29, 0.717) is 37.7 Å². The number of aliphatic hydroxyl groups excluding tert-OH is 1. The number of carbonyl (C=O) groups is 4. The fourth-order valence-electron chi connectivity index (χ4n) is 8.32. The zero-order valence-corrected chi connectivity index (χ0v) is 24.7. The summed E-state index contributed by atoms with van der Waals surface area (Å²) in [6.45, 7) is 8.50. The minimum absolute atomic E-state index is 0.0786. The highest BCUT2D eigenvalue weighted by molar-refractivity contribution is 6.01. The summed E-state index contributed by atoms with van der Waals surface area (Å²) in [5, 5.41) is 11.7. The summed E-state index contributed by atoms with van der Waals surface area (Å²) in [7, 11) is 0. The van der Waals surface area contributed by atoms with Gasteiger partial charge in [0.05, 0.1) is 19.3 Å². The predicted octanol–water partition coefficient (Wildman–Crippen LogP) is 5.43. The molecule has 3 saturated carbocycles. The van der Waals surface area contributed by atoms with Gasteiger partial charge in [0, 0.05) is 22.7 Å². The van der Waals surface area contributed by atoms with E-state index >= 15 is 4.39 Å². The van der Waals surface area contributed by atoms with Crippen molar-refractivity contribution in [1.82, 2.24) is 0 Å². The van der Waals surface area contributed by atoms with Crippen molar-refractivity contribution in [3.8, 4) is 0 Å². The van der Waals surface area contributed by atoms with Crippen LogP contribution in [0.25, 0.3) is 0 Å². The fraction of sp³-hybridized carbons (Fsp3) is 0.742. The molecule has 0 bridgehead atoms. The maximum Gasteiger partial charge on any atom is 0.509 e. The first-order valence-electron chi connectivity index (χ1n) is 14.8. The summed E-state index contributed by atoms with van der Waals surface area (Å²) in [5.41, 5.74) is -5.71. The maximum atomic E-state index is 17.5. The molecule has 0 aromatic rings. The molecule has 0 aromatic heterocycles. The van der Waals surface area contributed by atoms with Crippen LogP contribution in [0.5, 0.6) is 0 Å². The van der Waals surface area contributed by atoms with E-state index in [-0.39, 0.29) is 25.4 Å². The molecule has 4 aliphatic rings. The number of halogens is 1. The zero-order valence-electron chi connectivity index (χ0n) is 24.7. The molecule has 8 atom stereocenters. The highest BCUT2D eigenvalue weighted by Gasteiger charge is 2.77. The first-order chi connectivity index (χ1) is 19.3. The van der Waals surface area contributed by atoms with Crippen LogP contribution in [-0.4, -0.2) is 66.2 Å². The molecule has 0 unspecified atom stereocenters. The Morgan fingerprint density at radius 2 is 1.76 bits per heavy atom. The van der Waals surface area contributed by atoms with Crippen LogP contribution in [0, 0.1) is 28.6 Å². The van der Waals surface area contributed by atoms with Crippen LogP contribution < -0.4 is 0 Å². The summed E-state index contributed by atoms with van der Waals surface area (Å²) < 4.78 is 38.8. The van der Waals surface area contributed by atoms with Gasteiger partial charge in [-0.25, -0.2) is 14.0 Å². The van der Waals surface area contributed by atoms with Gasteiger partial charge in [0.2, 0.25) is 5.78 Å². The van der Waals surface area contributed by atoms with Crippen LogP contribution in [0.15, 0.2) is 23.8 Å². The number of ether oxygens (including phenoxy) is 4. The van der Waals surface area contributed by atoms with Gasteiger partial charge < -0.3 is 24.1 Å². The van der Waals surface area contributed by atoms with Crippen LogP contribution in [0.1, 0.15) is 79.6 Å². The molecule has 1 N–H and O–H groups in total. The lowest BCUT2D eigenvalue weighted by atomic mass is 9.44. The number of unbranched alkanes of at least 4 members (excludes halogenated alkanes) is 1. The molecule has 4 aliphatic carbocycles. The first-order valence-corrected chi connectivity index (χ1v) is 14.8. The third-order valence-electron chi connectivity index (χ3n) is 10.3. The standard InChI is InChI=1S/C31H43FO9/c1-6-8-14-39-26(36)40-18-25(35)31(41-27(37)38-13-7-2)19(3)15-23-22-10-9-20-16-21(33)11-12-28(20,4)30(22,32)24(34)17-29(23,31)5/h11-12,16,19,22-24,34H,6-10,13-15,17-18H2,1-5H3/t19-,22+,23+,24+,28+,29+,30+,31+/m1/s1. The lowest BCUT2D eigenvalue weighted by Gasteiger charge is -2.62. The predicted molar refractivity (Wildman–Crippen MR) is 146 cm³/mol. The van der Waals surface area contributed by atoms with Gasteiger partial charge in [0.15, 0.2) is 23.7 Å². The largest absolute Gasteiger partial charge is 0.509 e. The lowest BCUT2D eigenvalue weighted by molar-refractivity contribution is -0.222. The van der Waals surface area contributed by atoms with E-state index < -0.39 is 70.7 Å². The Morgan fingerprint density at radius 1 is 1.05 bits per heavy atom. The number of alkyl halides is 1. The van der Waals surface area contributed by atoms with E-state index in [9.17, 15) is 24.3 Å². The van der Waals surface area contributed by atoms with Crippen LogP contribution in [-0.2, 0) is 28.5 Å². The summed E-state index contributed by atoms with van der Waals surface area (Å²) in [4.78, 5) is 51.3. The molecule has 0 spiro atoms. The summed E-state index contributed by atoms with van der Waals surface area (Å²) in [6, 6.07) is 0. The van der Waals surface area contributed by atoms with Gasteiger partial charge in [0.25, 0.3) is 0 Å². The molecular formula is C31H43FO9. The van der Waals surface area contributed by atoms with E-state index in [1.54, 1.807) is 26.8 Å². The second kappa shape index (κ2) is 11.5. The molecule has 0 amide bonds. The minimum atomic E-state index is -2.11. The van der Waals surface area contributed by atoms with Crippen molar-refractivity contribution in [1.29, 1.82) is 0 Å². The van der Waals surface area contributed by atoms with E-state index in [1.807, 2.05) is 13.8 Å². The van der Waals surface area contributed by atoms with E-state index in [0.717, 1.165) is 6.42 Å². The monoisotopic (exact) mass is 578 g/mol. The number of carbonyl (C=O) groups excluding carboxylic acids is 4. The smallest absolute Gasteiger partial charge is 0.434 e. The second-order valence-electron chi connectivity index (χ2n) is 12.5. The van der Waals surface area contributed by atoms with E-state index in [1.165, 1.54) is 12.2 Å². The molecule has 0 saturated heterocycles. The number of fused-ring (bicyclic) bond motifs is 5. The third kappa shape index (κ3) is 4.79. The van der Waals surface area contributed by atoms with Crippen molar-refractivity contribution in [2.24, 2.45) is 28.6 Å². The number of aliphatic hydroxyl groups is 1. The summed E-state index contributed by atoms with van der Waals surface area (Å²) in [5.74, 6) is -2.62. The van der Waals surface area contributed by atoms with Crippen molar-refractivity contribution in [2.45, 2.75) is 96.9 Å². The molecule has 0 aromatic carbocycles. The molecular weight excluding hydrogens is 535 g/mol. The van der Waals surface area contributed by atoms with E-state index in [2.05, 4.69) is 0 Å². The average molecular weight is 579 g/mol. The Hall–Kier alpha value is -2.75. The number of ketones is 2. The molecule has 3 fully saturated rings. The molecule has 41 heavy (non-hydrogen) atoms. The van der Waals surface area contributed by atoms with Crippen molar-refractivity contribution >= 4 is 23.9 Å². The molecule has 228 valence electrons. The van der Waals surface area contributed by atoms with Crippen molar-refractivity contribution in [2.75, 3.05) is 19.8 Å². The third-order valence-corrected chi connectivity index (χ3v) is 10.3. The van der Waals surface area contributed by atoms with Crippen LogP contribution in [0.2, 0.25) is 0 Å². The van der Waals surface area contributed by atoms with Gasteiger partial charge in [-0.05, 0) is 63.5 Å². The normalized spacial score (nSPS) is 39.1. The number of rotatable bonds is 9. The quantitative estimate of drug-likeness (QED) is 0.282. The molecule has 4 rings (SSSR count). The minimum Gasteiger partial charge on any atom is -0.434 e. The van der Waals surface area contributed by atoms with Crippen molar-refractivity contribution in [3.63, 3.8) is 0 Å². The van der Waals surface area contributed by atoms with Crippen LogP contribution >= 0.6 is 0 Å². The van der Waals surface area contributed by atoms with Gasteiger partial charge in [-0.15, -0.1) is 0 Å². The molecule has 9 nitrogen and oxygen atoms in total. The zero-order chi connectivity index (χ0) is 30.2. The molecule has 0 radical (unpaired) electrons. The van der Waals surface area contributed by atoms with Gasteiger partial charge in [0.1, 0.15) is 0 Å². The Kier molecular flexibility index (Phi) is 8.75. The highest BCUT2D eigenvalue weighted by atomic mass is 19.1. The molecule has 10 heteroatoms. The van der Waals surface area contributed by atoms with Gasteiger partial charge in [-0.1, -0.05) is 45.8 Å². The van der Waals surface area contributed by atoms with Gasteiger partial charge >= 0.3 is 12.3 Å². The number of allylic oxidation sites excluding steroid dienone is 4. The number of hydrogen-bond acceptors (Lipinski definition) is 9. The number of hydrogen-bond donors (Lipinski definition) is 1. The molecule has 0 aliphatic heterocycles. The van der Waals surface area contributed by atoms with Crippen LogP contribution in [0.3, 0.4) is 0 Å². The fourth-order valence-corrected chi connectivity index (χ4v) is 8.32. The van der Waals surface area contributed by atoms with Gasteiger partial charge in [-0.3, -0.25) is 9.59 Å². The molecule has 0 heterocycles. The number of Topliss-reactive ketones (excluding diaryl/α,β-unsaturated/α-hetero) is 1. The maximum absolute atomic E-state index is 17.5. The SMILES string of the molecule is CCCCOC(=O)OCC(=O)[C@@]1(OC(=O)OCCC)[C@H](C)C[C@H]2[C@@H]3CCC4=CC(=O)C=C[C@]4(C)[C@@]3(F)[C@@H](O)C[C@@]21C. The summed E-state index contributed by atoms with van der Waals surface area (Å²) in [6.07, 6.45) is 3.75. The average Bonchev–Trinajstić information content (AvgIpc) is 3.14.